The number of rotatable bonds is 3. The van der Waals surface area contributed by atoms with E-state index < -0.39 is 6.04 Å². The Balaban J connectivity index is 1.83. The van der Waals surface area contributed by atoms with Crippen LogP contribution < -0.4 is 5.32 Å². The van der Waals surface area contributed by atoms with Gasteiger partial charge in [-0.15, -0.1) is 0 Å². The molecule has 0 bridgehead atoms. The van der Waals surface area contributed by atoms with Crippen molar-refractivity contribution in [1.29, 1.82) is 0 Å². The van der Waals surface area contributed by atoms with Crippen molar-refractivity contribution in [2.45, 2.75) is 32.2 Å². The van der Waals surface area contributed by atoms with Gasteiger partial charge in [0.15, 0.2) is 0 Å². The zero-order chi connectivity index (χ0) is 19.6. The van der Waals surface area contributed by atoms with Crippen molar-refractivity contribution in [1.82, 2.24) is 4.90 Å². The Morgan fingerprint density at radius 2 is 1.93 bits per heavy atom. The Morgan fingerprint density at radius 1 is 1.15 bits per heavy atom. The van der Waals surface area contributed by atoms with Gasteiger partial charge in [-0.3, -0.25) is 9.59 Å². The number of phenols is 1. The van der Waals surface area contributed by atoms with E-state index in [4.69, 9.17) is 23.2 Å². The van der Waals surface area contributed by atoms with Crippen LogP contribution in [0.4, 0.5) is 5.69 Å². The number of carbonyl (C=O) groups is 2. The van der Waals surface area contributed by atoms with E-state index in [2.05, 4.69) is 5.32 Å². The second kappa shape index (κ2) is 8.19. The second-order valence-corrected chi connectivity index (χ2v) is 7.49. The smallest absolute Gasteiger partial charge is 0.258 e. The summed E-state index contributed by atoms with van der Waals surface area (Å²) in [6.07, 6.45) is 2.20. The fourth-order valence-electron chi connectivity index (χ4n) is 3.23. The summed E-state index contributed by atoms with van der Waals surface area (Å²) in [6.45, 7) is 2.30. The molecule has 2 N–H and O–H groups in total. The second-order valence-electron chi connectivity index (χ2n) is 6.64. The molecule has 0 saturated carbocycles. The van der Waals surface area contributed by atoms with Crippen molar-refractivity contribution in [3.63, 3.8) is 0 Å². The van der Waals surface area contributed by atoms with Crippen LogP contribution in [0, 0.1) is 6.92 Å². The molecule has 0 aliphatic carbocycles. The summed E-state index contributed by atoms with van der Waals surface area (Å²) in [7, 11) is 0. The molecule has 1 aliphatic heterocycles. The number of aryl methyl sites for hydroxylation is 1. The summed E-state index contributed by atoms with van der Waals surface area (Å²) >= 11 is 12.0. The highest BCUT2D eigenvalue weighted by Crippen LogP contribution is 2.28. The number of halogens is 2. The van der Waals surface area contributed by atoms with E-state index >= 15 is 0 Å². The Morgan fingerprint density at radius 3 is 2.67 bits per heavy atom. The van der Waals surface area contributed by atoms with Gasteiger partial charge in [0.1, 0.15) is 11.8 Å². The van der Waals surface area contributed by atoms with Crippen LogP contribution in [0.3, 0.4) is 0 Å². The van der Waals surface area contributed by atoms with Gasteiger partial charge in [0.05, 0.1) is 16.3 Å². The van der Waals surface area contributed by atoms with Crippen LogP contribution in [-0.2, 0) is 4.79 Å². The van der Waals surface area contributed by atoms with Gasteiger partial charge in [0.2, 0.25) is 5.91 Å². The summed E-state index contributed by atoms with van der Waals surface area (Å²) < 4.78 is 0. The molecule has 2 aromatic rings. The zero-order valence-corrected chi connectivity index (χ0v) is 16.3. The highest BCUT2D eigenvalue weighted by molar-refractivity contribution is 6.36. The molecular weight excluding hydrogens is 387 g/mol. The number of piperidine rings is 1. The number of hydrogen-bond acceptors (Lipinski definition) is 3. The number of carbonyl (C=O) groups excluding carboxylic acids is 2. The van der Waals surface area contributed by atoms with E-state index in [1.807, 2.05) is 6.92 Å². The molecule has 1 unspecified atom stereocenters. The van der Waals surface area contributed by atoms with Gasteiger partial charge in [-0.1, -0.05) is 34.8 Å². The zero-order valence-electron chi connectivity index (χ0n) is 14.8. The predicted octanol–water partition coefficient (Wildman–Crippen LogP) is 4.64. The molecule has 0 radical (unpaired) electrons. The largest absolute Gasteiger partial charge is 0.507 e. The van der Waals surface area contributed by atoms with Crippen molar-refractivity contribution in [3.05, 3.63) is 57.6 Å². The minimum Gasteiger partial charge on any atom is -0.507 e. The third kappa shape index (κ3) is 4.37. The lowest BCUT2D eigenvalue weighted by atomic mass is 9.99. The van der Waals surface area contributed by atoms with Gasteiger partial charge in [-0.05, 0) is 56.5 Å². The summed E-state index contributed by atoms with van der Waals surface area (Å²) in [5.41, 5.74) is 1.52. The summed E-state index contributed by atoms with van der Waals surface area (Å²) in [6, 6.07) is 9.05. The molecule has 1 fully saturated rings. The number of phenolic OH excluding ortho intramolecular Hbond substituents is 1. The van der Waals surface area contributed by atoms with Gasteiger partial charge < -0.3 is 15.3 Å². The van der Waals surface area contributed by atoms with E-state index in [-0.39, 0.29) is 23.1 Å². The Labute approximate surface area is 167 Å². The van der Waals surface area contributed by atoms with E-state index in [0.29, 0.717) is 28.7 Å². The molecule has 0 aromatic heterocycles. The number of hydrogen-bond donors (Lipinski definition) is 2. The lowest BCUT2D eigenvalue weighted by Crippen LogP contribution is -2.50. The molecule has 2 amide bonds. The topological polar surface area (TPSA) is 69.6 Å². The molecule has 1 atom stereocenters. The number of anilines is 1. The first-order valence-corrected chi connectivity index (χ1v) is 9.49. The van der Waals surface area contributed by atoms with Crippen molar-refractivity contribution in [2.24, 2.45) is 0 Å². The van der Waals surface area contributed by atoms with Gasteiger partial charge in [-0.25, -0.2) is 0 Å². The van der Waals surface area contributed by atoms with Crippen LogP contribution in [0.5, 0.6) is 5.75 Å². The van der Waals surface area contributed by atoms with Crippen LogP contribution in [0.1, 0.15) is 35.2 Å². The highest BCUT2D eigenvalue weighted by atomic mass is 35.5. The van der Waals surface area contributed by atoms with E-state index in [9.17, 15) is 14.7 Å². The van der Waals surface area contributed by atoms with Crippen molar-refractivity contribution < 1.29 is 14.7 Å². The molecule has 142 valence electrons. The van der Waals surface area contributed by atoms with E-state index in [0.717, 1.165) is 18.4 Å². The van der Waals surface area contributed by atoms with Gasteiger partial charge in [-0.2, -0.15) is 0 Å². The molecule has 2 aromatic carbocycles. The maximum absolute atomic E-state index is 13.0. The fraction of sp³-hybridized carbons (Fsp3) is 0.300. The summed E-state index contributed by atoms with van der Waals surface area (Å²) in [5.74, 6) is -0.742. The van der Waals surface area contributed by atoms with Crippen LogP contribution in [-0.4, -0.2) is 34.4 Å². The minimum absolute atomic E-state index is 0.0870. The standard InChI is InChI=1S/C20H20Cl2N2O3/c1-12-5-8-18(25)14(10-12)20(27)24-9-3-2-4-17(24)19(26)23-16-7-6-13(21)11-15(16)22/h5-8,10-11,17,25H,2-4,9H2,1H3,(H,23,26). The number of amides is 2. The number of nitrogens with one attached hydrogen (secondary N) is 1. The number of aromatic hydroxyl groups is 1. The predicted molar refractivity (Wildman–Crippen MR) is 107 cm³/mol. The third-order valence-electron chi connectivity index (χ3n) is 4.64. The SMILES string of the molecule is Cc1ccc(O)c(C(=O)N2CCCCC2C(=O)Nc2ccc(Cl)cc2Cl)c1. The van der Waals surface area contributed by atoms with Gasteiger partial charge in [0, 0.05) is 11.6 Å². The summed E-state index contributed by atoms with van der Waals surface area (Å²) in [5, 5.41) is 13.7. The molecular formula is C20H20Cl2N2O3. The van der Waals surface area contributed by atoms with Crippen LogP contribution in [0.25, 0.3) is 0 Å². The number of benzene rings is 2. The maximum atomic E-state index is 13.0. The molecule has 1 heterocycles. The van der Waals surface area contributed by atoms with Crippen LogP contribution in [0.15, 0.2) is 36.4 Å². The molecule has 27 heavy (non-hydrogen) atoms. The first-order chi connectivity index (χ1) is 12.9. The average Bonchev–Trinajstić information content (AvgIpc) is 2.65. The lowest BCUT2D eigenvalue weighted by molar-refractivity contribution is -0.121. The van der Waals surface area contributed by atoms with Crippen molar-refractivity contribution in [2.75, 3.05) is 11.9 Å². The molecule has 1 aliphatic rings. The molecule has 0 spiro atoms. The lowest BCUT2D eigenvalue weighted by Gasteiger charge is -2.35. The van der Waals surface area contributed by atoms with E-state index in [1.54, 1.807) is 30.3 Å². The van der Waals surface area contributed by atoms with Gasteiger partial charge >= 0.3 is 0 Å². The first-order valence-electron chi connectivity index (χ1n) is 8.73. The molecule has 7 heteroatoms. The minimum atomic E-state index is -0.627. The average molecular weight is 407 g/mol. The van der Waals surface area contributed by atoms with Gasteiger partial charge in [0.25, 0.3) is 5.91 Å². The Bertz CT molecular complexity index is 886. The fourth-order valence-corrected chi connectivity index (χ4v) is 3.69. The Hall–Kier alpha value is -2.24. The Kier molecular flexibility index (Phi) is 5.92. The number of nitrogens with zero attached hydrogens (tertiary/aromatic N) is 1. The third-order valence-corrected chi connectivity index (χ3v) is 5.19. The van der Waals surface area contributed by atoms with E-state index in [1.165, 1.54) is 11.0 Å². The van der Waals surface area contributed by atoms with Crippen LogP contribution >= 0.6 is 23.2 Å². The first kappa shape index (κ1) is 19.5. The van der Waals surface area contributed by atoms with Crippen molar-refractivity contribution in [3.8, 4) is 5.75 Å². The van der Waals surface area contributed by atoms with Crippen LogP contribution in [0.2, 0.25) is 10.0 Å². The molecule has 3 rings (SSSR count). The molecule has 1 saturated heterocycles. The molecule has 5 nitrogen and oxygen atoms in total. The normalized spacial score (nSPS) is 16.9. The number of likely N-dealkylation sites (tertiary alicyclic amines) is 1. The summed E-state index contributed by atoms with van der Waals surface area (Å²) in [4.78, 5) is 27.4. The highest BCUT2D eigenvalue weighted by Gasteiger charge is 2.33. The monoisotopic (exact) mass is 406 g/mol. The quantitative estimate of drug-likeness (QED) is 0.779. The van der Waals surface area contributed by atoms with Crippen molar-refractivity contribution >= 4 is 40.7 Å². The maximum Gasteiger partial charge on any atom is 0.258 e.